The van der Waals surface area contributed by atoms with Crippen LogP contribution in [0.1, 0.15) is 50.4 Å². The molecule has 3 aromatic rings. The van der Waals surface area contributed by atoms with Crippen LogP contribution in [0, 0.1) is 5.92 Å². The molecule has 1 aliphatic heterocycles. The summed E-state index contributed by atoms with van der Waals surface area (Å²) in [6.45, 7) is 3.42. The molecule has 2 aliphatic rings. The molecule has 0 aromatic carbocycles. The maximum atomic E-state index is 14.8. The highest BCUT2D eigenvalue weighted by molar-refractivity contribution is 5.94. The van der Waals surface area contributed by atoms with Crippen LogP contribution in [-0.2, 0) is 17.8 Å². The second kappa shape index (κ2) is 8.00. The molecule has 0 radical (unpaired) electrons. The molecule has 0 bridgehead atoms. The Morgan fingerprint density at radius 2 is 2.00 bits per heavy atom. The summed E-state index contributed by atoms with van der Waals surface area (Å²) in [4.78, 5) is 24.3. The van der Waals surface area contributed by atoms with Gasteiger partial charge in [-0.1, -0.05) is 6.92 Å². The van der Waals surface area contributed by atoms with E-state index in [9.17, 15) is 13.6 Å². The summed E-state index contributed by atoms with van der Waals surface area (Å²) in [7, 11) is 3.67. The van der Waals surface area contributed by atoms with E-state index in [0.717, 1.165) is 41.7 Å². The highest BCUT2D eigenvalue weighted by Gasteiger charge is 2.36. The van der Waals surface area contributed by atoms with E-state index in [0.29, 0.717) is 5.82 Å². The van der Waals surface area contributed by atoms with Gasteiger partial charge in [-0.3, -0.25) is 4.79 Å². The van der Waals surface area contributed by atoms with Gasteiger partial charge >= 0.3 is 0 Å². The van der Waals surface area contributed by atoms with Crippen molar-refractivity contribution in [3.63, 3.8) is 0 Å². The highest BCUT2D eigenvalue weighted by Crippen LogP contribution is 2.46. The Balaban J connectivity index is 1.58. The Labute approximate surface area is 195 Å². The number of aromatic nitrogens is 5. The summed E-state index contributed by atoms with van der Waals surface area (Å²) in [6.07, 6.45) is 4.00. The number of pyridine rings is 2. The normalized spacial score (nSPS) is 17.2. The fourth-order valence-electron chi connectivity index (χ4n) is 4.18. The largest absolute Gasteiger partial charge is 0.363 e. The van der Waals surface area contributed by atoms with Crippen molar-refractivity contribution in [2.75, 3.05) is 22.6 Å². The quantitative estimate of drug-likeness (QED) is 0.554. The number of nitrogens with zero attached hydrogens (tertiary/aromatic N) is 6. The van der Waals surface area contributed by atoms with Crippen LogP contribution in [0.25, 0.3) is 11.3 Å². The minimum absolute atomic E-state index is 0.0332. The van der Waals surface area contributed by atoms with E-state index in [1.54, 1.807) is 13.2 Å². The molecule has 11 heteroatoms. The predicted molar refractivity (Wildman–Crippen MR) is 124 cm³/mol. The first-order chi connectivity index (χ1) is 16.2. The molecule has 178 valence electrons. The van der Waals surface area contributed by atoms with E-state index in [1.807, 2.05) is 24.9 Å². The van der Waals surface area contributed by atoms with Crippen LogP contribution in [0.4, 0.5) is 31.8 Å². The van der Waals surface area contributed by atoms with Gasteiger partial charge < -0.3 is 15.5 Å². The van der Waals surface area contributed by atoms with Gasteiger partial charge in [0.15, 0.2) is 5.82 Å². The van der Waals surface area contributed by atoms with Crippen molar-refractivity contribution in [3.05, 3.63) is 35.8 Å². The number of hydrogen-bond acceptors (Lipinski definition) is 7. The molecule has 4 heterocycles. The lowest BCUT2D eigenvalue weighted by atomic mass is 9.98. The summed E-state index contributed by atoms with van der Waals surface area (Å²) in [5.41, 5.74) is 2.99. The fraction of sp³-hybridized carbons (Fsp3) is 0.435. The number of carbonyl (C=O) groups is 1. The molecule has 1 saturated carbocycles. The zero-order valence-corrected chi connectivity index (χ0v) is 19.4. The maximum absolute atomic E-state index is 14.8. The van der Waals surface area contributed by atoms with Gasteiger partial charge in [0.25, 0.3) is 5.92 Å². The molecule has 1 amide bonds. The highest BCUT2D eigenvalue weighted by atomic mass is 19.3. The van der Waals surface area contributed by atoms with Gasteiger partial charge in [-0.2, -0.15) is 15.0 Å². The second-order valence-electron chi connectivity index (χ2n) is 8.83. The minimum Gasteiger partial charge on any atom is -0.363 e. The molecule has 5 rings (SSSR count). The SMILES string of the molecule is CCC(F)(F)c1cnc(NC(=O)C2CC2)cc1Nc1nccc2c1N(C)C(C)c1nn(C)nc1-2. The monoisotopic (exact) mass is 468 g/mol. The summed E-state index contributed by atoms with van der Waals surface area (Å²) < 4.78 is 29.7. The molecule has 1 aliphatic carbocycles. The van der Waals surface area contributed by atoms with Crippen molar-refractivity contribution in [3.8, 4) is 11.3 Å². The van der Waals surface area contributed by atoms with Gasteiger partial charge in [-0.05, 0) is 25.8 Å². The second-order valence-corrected chi connectivity index (χ2v) is 8.83. The van der Waals surface area contributed by atoms with Crippen LogP contribution in [-0.4, -0.2) is 37.9 Å². The van der Waals surface area contributed by atoms with Crippen LogP contribution in [0.5, 0.6) is 0 Å². The molecule has 0 saturated heterocycles. The van der Waals surface area contributed by atoms with Crippen LogP contribution in [0.3, 0.4) is 0 Å². The molecule has 1 fully saturated rings. The van der Waals surface area contributed by atoms with Crippen molar-refractivity contribution in [2.45, 2.75) is 45.1 Å². The number of hydrogen-bond donors (Lipinski definition) is 2. The Bertz CT molecular complexity index is 1270. The number of aryl methyl sites for hydroxylation is 1. The molecule has 1 unspecified atom stereocenters. The number of amides is 1. The number of rotatable bonds is 6. The van der Waals surface area contributed by atoms with E-state index in [4.69, 9.17) is 0 Å². The smallest absolute Gasteiger partial charge is 0.276 e. The molecule has 0 spiro atoms. The molecule has 2 N–H and O–H groups in total. The van der Waals surface area contributed by atoms with Gasteiger partial charge in [0.2, 0.25) is 5.91 Å². The molecule has 34 heavy (non-hydrogen) atoms. The summed E-state index contributed by atoms with van der Waals surface area (Å²) >= 11 is 0. The number of anilines is 4. The number of carbonyl (C=O) groups excluding carboxylic acids is 1. The van der Waals surface area contributed by atoms with Crippen molar-refractivity contribution in [2.24, 2.45) is 13.0 Å². The van der Waals surface area contributed by atoms with Gasteiger partial charge in [0.05, 0.1) is 23.0 Å². The number of nitrogens with one attached hydrogen (secondary N) is 2. The van der Waals surface area contributed by atoms with Crippen LogP contribution in [0.2, 0.25) is 0 Å². The zero-order valence-electron chi connectivity index (χ0n) is 19.4. The Hall–Kier alpha value is -3.63. The average Bonchev–Trinajstić information content (AvgIpc) is 3.59. The average molecular weight is 469 g/mol. The van der Waals surface area contributed by atoms with Gasteiger partial charge in [-0.25, -0.2) is 18.7 Å². The third-order valence-electron chi connectivity index (χ3n) is 6.44. The van der Waals surface area contributed by atoms with Gasteiger partial charge in [0.1, 0.15) is 17.2 Å². The summed E-state index contributed by atoms with van der Waals surface area (Å²) in [5, 5.41) is 14.8. The lowest BCUT2D eigenvalue weighted by molar-refractivity contribution is -0.117. The van der Waals surface area contributed by atoms with Crippen molar-refractivity contribution in [1.82, 2.24) is 25.0 Å². The lowest BCUT2D eigenvalue weighted by Crippen LogP contribution is -2.27. The lowest BCUT2D eigenvalue weighted by Gasteiger charge is -2.33. The number of fused-ring (bicyclic) bond motifs is 3. The standard InChI is InChI=1S/C23H26F2N8O/c1-5-23(24,25)15-11-27-17(29-22(34)13-6-7-13)10-16(15)28-21-20-14(8-9-26-21)19-18(12(2)32(20)3)30-33(4)31-19/h8-13H,5-7H2,1-4H3,(H2,26,27,28,29,34). The van der Waals surface area contributed by atoms with E-state index in [2.05, 4.69) is 30.8 Å². The third kappa shape index (κ3) is 3.74. The van der Waals surface area contributed by atoms with Crippen molar-refractivity contribution < 1.29 is 13.6 Å². The van der Waals surface area contributed by atoms with E-state index >= 15 is 0 Å². The Kier molecular flexibility index (Phi) is 5.22. The summed E-state index contributed by atoms with van der Waals surface area (Å²) in [5.74, 6) is -2.67. The molecule has 9 nitrogen and oxygen atoms in total. The van der Waals surface area contributed by atoms with Crippen LogP contribution < -0.4 is 15.5 Å². The Morgan fingerprint density at radius 3 is 2.71 bits per heavy atom. The van der Waals surface area contributed by atoms with Crippen LogP contribution >= 0.6 is 0 Å². The first kappa shape index (κ1) is 22.2. The zero-order chi connectivity index (χ0) is 24.2. The van der Waals surface area contributed by atoms with E-state index in [1.165, 1.54) is 17.8 Å². The van der Waals surface area contributed by atoms with Gasteiger partial charge in [-0.15, -0.1) is 0 Å². The first-order valence-electron chi connectivity index (χ1n) is 11.3. The van der Waals surface area contributed by atoms with E-state index in [-0.39, 0.29) is 34.9 Å². The maximum Gasteiger partial charge on any atom is 0.276 e. The number of alkyl halides is 2. The molecular weight excluding hydrogens is 442 g/mol. The topological polar surface area (TPSA) is 101 Å². The third-order valence-corrected chi connectivity index (χ3v) is 6.44. The van der Waals surface area contributed by atoms with Gasteiger partial charge in [0, 0.05) is 50.5 Å². The summed E-state index contributed by atoms with van der Waals surface area (Å²) in [6, 6.07) is 3.19. The molecular formula is C23H26F2N8O. The predicted octanol–water partition coefficient (Wildman–Crippen LogP) is 4.38. The van der Waals surface area contributed by atoms with Crippen molar-refractivity contribution >= 4 is 28.9 Å². The van der Waals surface area contributed by atoms with Crippen molar-refractivity contribution in [1.29, 1.82) is 0 Å². The molecule has 3 aromatic heterocycles. The van der Waals surface area contributed by atoms with Crippen LogP contribution in [0.15, 0.2) is 24.5 Å². The minimum atomic E-state index is -3.11. The molecule has 1 atom stereocenters. The fourth-order valence-corrected chi connectivity index (χ4v) is 4.18. The van der Waals surface area contributed by atoms with E-state index < -0.39 is 12.3 Å². The first-order valence-corrected chi connectivity index (χ1v) is 11.3. The number of halogens is 2. The Morgan fingerprint density at radius 1 is 1.24 bits per heavy atom.